The fraction of sp³-hybridized carbons (Fsp3) is 0.636. The van der Waals surface area contributed by atoms with Crippen LogP contribution in [0.15, 0.2) is 48.5 Å². The lowest BCUT2D eigenvalue weighted by atomic mass is 10.0. The number of esters is 1. The summed E-state index contributed by atoms with van der Waals surface area (Å²) in [7, 11) is -2.55. The number of nitrogens with one attached hydrogen (secondary N) is 3. The van der Waals surface area contributed by atoms with Crippen LogP contribution in [-0.4, -0.2) is 77.8 Å². The van der Waals surface area contributed by atoms with Gasteiger partial charge >= 0.3 is 19.8 Å². The lowest BCUT2D eigenvalue weighted by molar-refractivity contribution is -0.155. The number of nitrogens with zero attached hydrogens (tertiary/aromatic N) is 1. The van der Waals surface area contributed by atoms with Crippen LogP contribution >= 0.6 is 7.82 Å². The van der Waals surface area contributed by atoms with E-state index in [0.717, 1.165) is 38.5 Å². The van der Waals surface area contributed by atoms with E-state index in [1.54, 1.807) is 116 Å². The van der Waals surface area contributed by atoms with Crippen LogP contribution in [0.25, 0.3) is 0 Å². The molecule has 0 spiro atoms. The Kier molecular flexibility index (Phi) is 20.4. The van der Waals surface area contributed by atoms with Crippen LogP contribution in [-0.2, 0) is 39.2 Å². The molecule has 332 valence electrons. The monoisotopic (exact) mass is 846 g/mol. The zero-order valence-electron chi connectivity index (χ0n) is 37.5. The molecule has 0 saturated heterocycles. The number of methoxy groups -OCH3 is 1. The third kappa shape index (κ3) is 21.1. The molecule has 0 aliphatic carbocycles. The minimum absolute atomic E-state index is 0.000476. The number of hydrogen-bond acceptors (Lipinski definition) is 10. The molecule has 14 nitrogen and oxygen atoms in total. The maximum atomic E-state index is 14.3. The molecule has 0 heterocycles. The van der Waals surface area contributed by atoms with Crippen molar-refractivity contribution >= 4 is 37.3 Å². The van der Waals surface area contributed by atoms with E-state index in [2.05, 4.69) is 29.8 Å². The number of carbonyl (C=O) groups is 4. The van der Waals surface area contributed by atoms with Crippen LogP contribution in [0.1, 0.15) is 133 Å². The van der Waals surface area contributed by atoms with Gasteiger partial charge in [-0.25, -0.2) is 9.36 Å². The van der Waals surface area contributed by atoms with Gasteiger partial charge in [-0.3, -0.25) is 23.4 Å². The van der Waals surface area contributed by atoms with Crippen molar-refractivity contribution in [2.45, 2.75) is 163 Å². The highest BCUT2D eigenvalue weighted by Gasteiger charge is 2.39. The molecule has 0 fully saturated rings. The Morgan fingerprint density at radius 2 is 1.22 bits per heavy atom. The highest BCUT2D eigenvalue weighted by Crippen LogP contribution is 2.55. The number of phosphoric ester groups is 1. The molecule has 0 bridgehead atoms. The van der Waals surface area contributed by atoms with Crippen LogP contribution in [0.5, 0.6) is 11.5 Å². The molecule has 59 heavy (non-hydrogen) atoms. The molecule has 2 rings (SSSR count). The number of unbranched alkanes of at least 4 members (excludes halogenated alkanes) is 4. The van der Waals surface area contributed by atoms with Crippen LogP contribution in [0.4, 0.5) is 10.5 Å². The molecule has 2 aromatic rings. The molecule has 0 aromatic heterocycles. The second-order valence-corrected chi connectivity index (χ2v) is 19.0. The SMILES string of the molecule is CCCCCN(CCCCC)C(=O)[C@H](CCC(=O)OC(C)(C)C)NC(=O)[C@H](Cc1ccc(OP(=O)(OC(C)(C)C)OC(C)(C)C)cc1)NC(=O)Nc1ccc(OC)cc1. The highest BCUT2D eigenvalue weighted by atomic mass is 31.2. The normalized spacial score (nSPS) is 13.2. The number of hydrogen-bond donors (Lipinski definition) is 3. The Morgan fingerprint density at radius 3 is 1.69 bits per heavy atom. The average Bonchev–Trinajstić information content (AvgIpc) is 3.10. The van der Waals surface area contributed by atoms with E-state index in [9.17, 15) is 23.7 Å². The lowest BCUT2D eigenvalue weighted by Gasteiger charge is -2.30. The van der Waals surface area contributed by atoms with Gasteiger partial charge in [-0.15, -0.1) is 0 Å². The first-order valence-corrected chi connectivity index (χ1v) is 22.2. The summed E-state index contributed by atoms with van der Waals surface area (Å²) in [4.78, 5) is 56.7. The Hall–Kier alpha value is -4.13. The molecule has 3 N–H and O–H groups in total. The summed E-state index contributed by atoms with van der Waals surface area (Å²) >= 11 is 0. The average molecular weight is 847 g/mol. The second kappa shape index (κ2) is 23.6. The molecule has 0 aliphatic heterocycles. The summed E-state index contributed by atoms with van der Waals surface area (Å²) in [6.45, 7) is 21.0. The van der Waals surface area contributed by atoms with Gasteiger partial charge in [0, 0.05) is 31.6 Å². The number of benzene rings is 2. The van der Waals surface area contributed by atoms with Crippen molar-refractivity contribution in [1.29, 1.82) is 0 Å². The fourth-order valence-corrected chi connectivity index (χ4v) is 7.66. The molecule has 0 radical (unpaired) electrons. The molecule has 2 atom stereocenters. The first kappa shape index (κ1) is 51.0. The van der Waals surface area contributed by atoms with E-state index < -0.39 is 54.6 Å². The fourth-order valence-electron chi connectivity index (χ4n) is 5.83. The van der Waals surface area contributed by atoms with Gasteiger partial charge in [0.1, 0.15) is 29.2 Å². The number of phosphoric acid groups is 1. The van der Waals surface area contributed by atoms with Gasteiger partial charge in [0.15, 0.2) is 0 Å². The van der Waals surface area contributed by atoms with Crippen LogP contribution in [0, 0.1) is 0 Å². The Labute approximate surface area is 352 Å². The summed E-state index contributed by atoms with van der Waals surface area (Å²) in [5.41, 5.74) is -1.33. The van der Waals surface area contributed by atoms with Crippen molar-refractivity contribution in [2.24, 2.45) is 0 Å². The summed E-state index contributed by atoms with van der Waals surface area (Å²) in [5, 5.41) is 8.42. The van der Waals surface area contributed by atoms with Gasteiger partial charge < -0.3 is 34.8 Å². The van der Waals surface area contributed by atoms with Crippen LogP contribution < -0.4 is 25.2 Å². The Balaban J connectivity index is 2.48. The third-order valence-corrected chi connectivity index (χ3v) is 10.3. The molecular formula is C44H71N4O10P. The van der Waals surface area contributed by atoms with Crippen molar-refractivity contribution in [3.8, 4) is 11.5 Å². The highest BCUT2D eigenvalue weighted by molar-refractivity contribution is 7.49. The molecule has 15 heteroatoms. The Morgan fingerprint density at radius 1 is 0.695 bits per heavy atom. The summed E-state index contributed by atoms with van der Waals surface area (Å²) in [5.74, 6) is -0.601. The quantitative estimate of drug-likeness (QED) is 0.0556. The van der Waals surface area contributed by atoms with Gasteiger partial charge in [-0.1, -0.05) is 51.7 Å². The maximum Gasteiger partial charge on any atom is 0.531 e. The van der Waals surface area contributed by atoms with Crippen LogP contribution in [0.3, 0.4) is 0 Å². The molecule has 0 unspecified atom stereocenters. The number of urea groups is 1. The zero-order valence-corrected chi connectivity index (χ0v) is 38.4. The summed E-state index contributed by atoms with van der Waals surface area (Å²) in [6, 6.07) is 10.3. The smallest absolute Gasteiger partial charge is 0.497 e. The van der Waals surface area contributed by atoms with E-state index in [0.29, 0.717) is 30.1 Å². The van der Waals surface area contributed by atoms with Gasteiger partial charge in [0.25, 0.3) is 0 Å². The summed E-state index contributed by atoms with van der Waals surface area (Å²) in [6.07, 6.45) is 5.33. The largest absolute Gasteiger partial charge is 0.531 e. The number of anilines is 1. The predicted molar refractivity (Wildman–Crippen MR) is 232 cm³/mol. The van der Waals surface area contributed by atoms with Crippen molar-refractivity contribution in [3.63, 3.8) is 0 Å². The second-order valence-electron chi connectivity index (χ2n) is 17.6. The lowest BCUT2D eigenvalue weighted by Crippen LogP contribution is -2.55. The molecule has 2 aromatic carbocycles. The minimum Gasteiger partial charge on any atom is -0.497 e. The number of amides is 4. The van der Waals surface area contributed by atoms with Crippen molar-refractivity contribution < 1.29 is 46.8 Å². The summed E-state index contributed by atoms with van der Waals surface area (Å²) < 4.78 is 41.8. The van der Waals surface area contributed by atoms with Crippen molar-refractivity contribution in [2.75, 3.05) is 25.5 Å². The van der Waals surface area contributed by atoms with E-state index in [-0.39, 0.29) is 30.9 Å². The molecular weight excluding hydrogens is 775 g/mol. The van der Waals surface area contributed by atoms with Gasteiger partial charge in [-0.05, 0) is 124 Å². The van der Waals surface area contributed by atoms with Crippen LogP contribution in [0.2, 0.25) is 0 Å². The van der Waals surface area contributed by atoms with E-state index in [1.807, 2.05) is 0 Å². The molecule has 4 amide bonds. The van der Waals surface area contributed by atoms with Gasteiger partial charge in [0.05, 0.1) is 18.3 Å². The predicted octanol–water partition coefficient (Wildman–Crippen LogP) is 9.36. The van der Waals surface area contributed by atoms with E-state index in [1.165, 1.54) is 7.11 Å². The van der Waals surface area contributed by atoms with E-state index >= 15 is 0 Å². The molecule has 0 saturated carbocycles. The van der Waals surface area contributed by atoms with E-state index in [4.69, 9.17) is 23.0 Å². The maximum absolute atomic E-state index is 14.3. The van der Waals surface area contributed by atoms with Crippen molar-refractivity contribution in [1.82, 2.24) is 15.5 Å². The zero-order chi connectivity index (χ0) is 44.4. The van der Waals surface area contributed by atoms with Crippen molar-refractivity contribution in [3.05, 3.63) is 54.1 Å². The third-order valence-electron chi connectivity index (χ3n) is 8.37. The van der Waals surface area contributed by atoms with Gasteiger partial charge in [0.2, 0.25) is 11.8 Å². The standard InChI is InChI=1S/C44H71N4O10P/c1-13-15-17-29-48(30-18-16-14-2)40(51)36(27-28-38(49)55-42(3,4)5)46-39(50)37(47-41(52)45-33-21-25-34(54-12)26-22-33)31-32-19-23-35(24-20-32)56-59(53,57-43(6,7)8)58-44(9,10)11/h19-26,36-37H,13-18,27-31H2,1-12H3,(H,46,50)(H2,45,47,52)/t36-,37-/m0/s1. The number of ether oxygens (including phenoxy) is 2. The van der Waals surface area contributed by atoms with Gasteiger partial charge in [-0.2, -0.15) is 0 Å². The number of carbonyl (C=O) groups excluding carboxylic acids is 4. The minimum atomic E-state index is -4.08. The topological polar surface area (TPSA) is 171 Å². The molecule has 0 aliphatic rings. The number of rotatable bonds is 23. The Bertz CT molecular complexity index is 1630. The first-order chi connectivity index (χ1) is 27.4. The first-order valence-electron chi connectivity index (χ1n) is 20.8.